The number of aliphatic hydroxyl groups excluding tert-OH is 1. The van der Waals surface area contributed by atoms with Gasteiger partial charge in [-0.2, -0.15) is 0 Å². The van der Waals surface area contributed by atoms with Gasteiger partial charge in [-0.3, -0.25) is 0 Å². The van der Waals surface area contributed by atoms with Gasteiger partial charge in [-0.1, -0.05) is 0 Å². The monoisotopic (exact) mass is 271 g/mol. The molecule has 17 heavy (non-hydrogen) atoms. The Morgan fingerprint density at radius 3 is 3.12 bits per heavy atom. The lowest BCUT2D eigenvalue weighted by Crippen LogP contribution is -2.22. The van der Waals surface area contributed by atoms with Crippen LogP contribution in [0.3, 0.4) is 0 Å². The van der Waals surface area contributed by atoms with E-state index in [2.05, 4.69) is 15.5 Å². The fourth-order valence-electron chi connectivity index (χ4n) is 1.42. The van der Waals surface area contributed by atoms with Crippen LogP contribution in [0.5, 0.6) is 0 Å². The molecule has 2 heterocycles. The van der Waals surface area contributed by atoms with Gasteiger partial charge in [-0.25, -0.2) is 5.10 Å². The molecule has 0 aromatic carbocycles. The lowest BCUT2D eigenvalue weighted by molar-refractivity contribution is 0.178. The first-order valence-electron chi connectivity index (χ1n) is 5.15. The molecule has 0 bridgehead atoms. The van der Waals surface area contributed by atoms with Crippen molar-refractivity contribution in [2.45, 2.75) is 19.4 Å². The van der Waals surface area contributed by atoms with Gasteiger partial charge < -0.3 is 14.8 Å². The van der Waals surface area contributed by atoms with Crippen molar-refractivity contribution >= 4 is 29.2 Å². The van der Waals surface area contributed by atoms with Gasteiger partial charge in [0.2, 0.25) is 5.89 Å². The fourth-order valence-corrected chi connectivity index (χ4v) is 2.24. The number of rotatable bonds is 5. The summed E-state index contributed by atoms with van der Waals surface area (Å²) >= 11 is 6.42. The third kappa shape index (κ3) is 3.39. The van der Waals surface area contributed by atoms with Crippen LogP contribution in [0.25, 0.3) is 0 Å². The standard InChI is InChI=1S/C10H13N3O2S2/c1-6-8(2-3-17-6)11-5-7(14)4-9-12-13-10(16)15-9/h2-3,7,11,14H,4-5H2,1H3,(H,13,16). The highest BCUT2D eigenvalue weighted by atomic mass is 32.1. The minimum Gasteiger partial charge on any atom is -0.414 e. The average Bonchev–Trinajstić information content (AvgIpc) is 2.85. The zero-order chi connectivity index (χ0) is 12.3. The van der Waals surface area contributed by atoms with Crippen molar-refractivity contribution in [2.24, 2.45) is 0 Å². The van der Waals surface area contributed by atoms with Crippen LogP contribution in [0, 0.1) is 11.8 Å². The van der Waals surface area contributed by atoms with Crippen molar-refractivity contribution in [1.29, 1.82) is 0 Å². The Bertz CT molecular complexity index is 531. The van der Waals surface area contributed by atoms with E-state index in [4.69, 9.17) is 16.6 Å². The minimum absolute atomic E-state index is 0.230. The number of hydrogen-bond donors (Lipinski definition) is 3. The Morgan fingerprint density at radius 1 is 1.71 bits per heavy atom. The van der Waals surface area contributed by atoms with Crippen LogP contribution in [-0.2, 0) is 6.42 Å². The second kappa shape index (κ2) is 5.44. The molecule has 3 N–H and O–H groups in total. The van der Waals surface area contributed by atoms with Crippen LogP contribution < -0.4 is 5.32 Å². The SMILES string of the molecule is Cc1sccc1NCC(O)Cc1n[nH]c(=S)o1. The van der Waals surface area contributed by atoms with Crippen molar-refractivity contribution < 1.29 is 9.52 Å². The number of nitrogens with one attached hydrogen (secondary N) is 2. The maximum Gasteiger partial charge on any atom is 0.284 e. The summed E-state index contributed by atoms with van der Waals surface area (Å²) in [6, 6.07) is 1.99. The molecule has 0 amide bonds. The third-order valence-electron chi connectivity index (χ3n) is 2.28. The molecule has 7 heteroatoms. The molecule has 0 saturated heterocycles. The molecule has 0 aliphatic carbocycles. The molecule has 0 radical (unpaired) electrons. The molecular weight excluding hydrogens is 258 g/mol. The quantitative estimate of drug-likeness (QED) is 0.726. The fraction of sp³-hybridized carbons (Fsp3) is 0.400. The van der Waals surface area contributed by atoms with Gasteiger partial charge in [0.1, 0.15) is 0 Å². The number of aromatic amines is 1. The highest BCUT2D eigenvalue weighted by Gasteiger charge is 2.10. The van der Waals surface area contributed by atoms with Gasteiger partial charge in [0, 0.05) is 17.1 Å². The minimum atomic E-state index is -0.559. The predicted octanol–water partition coefficient (Wildman–Crippen LogP) is 2.12. The van der Waals surface area contributed by atoms with E-state index in [0.717, 1.165) is 5.69 Å². The zero-order valence-corrected chi connectivity index (χ0v) is 10.9. The van der Waals surface area contributed by atoms with E-state index in [1.807, 2.05) is 18.4 Å². The Labute approximate surface area is 107 Å². The third-order valence-corrected chi connectivity index (χ3v) is 3.30. The van der Waals surface area contributed by atoms with Gasteiger partial charge in [0.15, 0.2) is 0 Å². The largest absolute Gasteiger partial charge is 0.414 e. The number of hydrogen-bond acceptors (Lipinski definition) is 6. The van der Waals surface area contributed by atoms with Gasteiger partial charge in [-0.05, 0) is 30.6 Å². The van der Waals surface area contributed by atoms with E-state index in [1.54, 1.807) is 11.3 Å². The topological polar surface area (TPSA) is 74.1 Å². The first kappa shape index (κ1) is 12.3. The summed E-state index contributed by atoms with van der Waals surface area (Å²) in [6.45, 7) is 2.48. The van der Waals surface area contributed by atoms with E-state index < -0.39 is 6.10 Å². The summed E-state index contributed by atoms with van der Waals surface area (Å²) in [7, 11) is 0. The molecule has 2 rings (SSSR count). The smallest absolute Gasteiger partial charge is 0.284 e. The number of H-pyrrole nitrogens is 1. The van der Waals surface area contributed by atoms with Crippen LogP contribution in [0.4, 0.5) is 5.69 Å². The van der Waals surface area contributed by atoms with Crippen molar-refractivity contribution in [3.8, 4) is 0 Å². The Balaban J connectivity index is 1.84. The van der Waals surface area contributed by atoms with Crippen molar-refractivity contribution in [2.75, 3.05) is 11.9 Å². The first-order chi connectivity index (χ1) is 8.15. The second-order valence-electron chi connectivity index (χ2n) is 3.64. The molecule has 0 aliphatic heterocycles. The molecule has 0 fully saturated rings. The number of aromatic nitrogens is 2. The molecule has 0 aliphatic rings. The molecule has 2 aromatic heterocycles. The van der Waals surface area contributed by atoms with Gasteiger partial charge in [0.25, 0.3) is 4.84 Å². The zero-order valence-electron chi connectivity index (χ0n) is 9.27. The van der Waals surface area contributed by atoms with Gasteiger partial charge in [0.05, 0.1) is 12.5 Å². The number of nitrogens with zero attached hydrogens (tertiary/aromatic N) is 1. The number of aliphatic hydroxyl groups is 1. The molecule has 1 unspecified atom stereocenters. The Hall–Kier alpha value is -1.18. The van der Waals surface area contributed by atoms with Crippen LogP contribution in [0.1, 0.15) is 10.8 Å². The van der Waals surface area contributed by atoms with Crippen molar-refractivity contribution in [1.82, 2.24) is 10.2 Å². The lowest BCUT2D eigenvalue weighted by Gasteiger charge is -2.10. The predicted molar refractivity (Wildman–Crippen MR) is 68.9 cm³/mol. The van der Waals surface area contributed by atoms with Crippen LogP contribution in [0.2, 0.25) is 0 Å². The molecular formula is C10H13N3O2S2. The van der Waals surface area contributed by atoms with Gasteiger partial charge >= 0.3 is 0 Å². The summed E-state index contributed by atoms with van der Waals surface area (Å²) in [5.41, 5.74) is 1.05. The second-order valence-corrected chi connectivity index (χ2v) is 5.13. The normalized spacial score (nSPS) is 12.6. The van der Waals surface area contributed by atoms with E-state index in [0.29, 0.717) is 18.9 Å². The van der Waals surface area contributed by atoms with Crippen molar-refractivity contribution in [3.63, 3.8) is 0 Å². The summed E-state index contributed by atoms with van der Waals surface area (Å²) < 4.78 is 5.08. The highest BCUT2D eigenvalue weighted by molar-refractivity contribution is 7.71. The molecule has 1 atom stereocenters. The molecule has 0 spiro atoms. The number of anilines is 1. The van der Waals surface area contributed by atoms with Crippen LogP contribution in [-0.4, -0.2) is 28.0 Å². The van der Waals surface area contributed by atoms with E-state index in [9.17, 15) is 5.11 Å². The molecule has 92 valence electrons. The number of thiophene rings is 1. The van der Waals surface area contributed by atoms with E-state index in [-0.39, 0.29) is 4.84 Å². The van der Waals surface area contributed by atoms with Crippen LogP contribution in [0.15, 0.2) is 15.9 Å². The van der Waals surface area contributed by atoms with E-state index >= 15 is 0 Å². The number of aryl methyl sites for hydroxylation is 1. The average molecular weight is 271 g/mol. The Morgan fingerprint density at radius 2 is 2.53 bits per heavy atom. The highest BCUT2D eigenvalue weighted by Crippen LogP contribution is 2.20. The summed E-state index contributed by atoms with van der Waals surface area (Å²) in [6.07, 6.45) is -0.223. The van der Waals surface area contributed by atoms with Gasteiger partial charge in [-0.15, -0.1) is 16.4 Å². The first-order valence-corrected chi connectivity index (χ1v) is 6.44. The van der Waals surface area contributed by atoms with E-state index in [1.165, 1.54) is 4.88 Å². The molecule has 0 saturated carbocycles. The lowest BCUT2D eigenvalue weighted by atomic mass is 10.2. The molecule has 2 aromatic rings. The molecule has 5 nitrogen and oxygen atoms in total. The Kier molecular flexibility index (Phi) is 3.93. The summed E-state index contributed by atoms with van der Waals surface area (Å²) in [4.78, 5) is 1.43. The van der Waals surface area contributed by atoms with Crippen molar-refractivity contribution in [3.05, 3.63) is 27.1 Å². The maximum absolute atomic E-state index is 9.79. The summed E-state index contributed by atoms with van der Waals surface area (Å²) in [5.74, 6) is 0.423. The van der Waals surface area contributed by atoms with Crippen LogP contribution >= 0.6 is 23.6 Å². The summed E-state index contributed by atoms with van der Waals surface area (Å²) in [5, 5.41) is 21.3. The maximum atomic E-state index is 9.79.